The molecule has 3 nitrogen and oxygen atoms in total. The summed E-state index contributed by atoms with van der Waals surface area (Å²) in [5.74, 6) is 0. The Hall–Kier alpha value is -2.00. The highest BCUT2D eigenvalue weighted by Gasteiger charge is 2.01. The number of aldehydes is 1. The van der Waals surface area contributed by atoms with Gasteiger partial charge in [0.25, 0.3) is 0 Å². The lowest BCUT2D eigenvalue weighted by molar-refractivity contribution is 0.111. The van der Waals surface area contributed by atoms with Gasteiger partial charge in [0.1, 0.15) is 5.69 Å². The summed E-state index contributed by atoms with van der Waals surface area (Å²) in [5.41, 5.74) is 8.84. The number of hydrogen-bond acceptors (Lipinski definition) is 3. The molecule has 0 spiro atoms. The van der Waals surface area contributed by atoms with Crippen molar-refractivity contribution in [3.63, 3.8) is 0 Å². The van der Waals surface area contributed by atoms with Crippen LogP contribution in [0.25, 0.3) is 11.3 Å². The number of hydrogen-bond donors (Lipinski definition) is 1. The van der Waals surface area contributed by atoms with Crippen LogP contribution in [0.3, 0.4) is 0 Å². The SMILES string of the molecule is NCc1cccc(-c2cccc(C=O)n2)c1. The maximum atomic E-state index is 10.6. The van der Waals surface area contributed by atoms with Crippen molar-refractivity contribution in [1.29, 1.82) is 0 Å². The minimum Gasteiger partial charge on any atom is -0.326 e. The van der Waals surface area contributed by atoms with Gasteiger partial charge in [0.15, 0.2) is 6.29 Å². The molecule has 0 radical (unpaired) electrons. The summed E-state index contributed by atoms with van der Waals surface area (Å²) in [6, 6.07) is 13.2. The van der Waals surface area contributed by atoms with Gasteiger partial charge in [0.2, 0.25) is 0 Å². The normalized spacial score (nSPS) is 10.1. The molecule has 1 aromatic carbocycles. The number of carbonyl (C=O) groups is 1. The van der Waals surface area contributed by atoms with E-state index in [2.05, 4.69) is 4.98 Å². The standard InChI is InChI=1S/C13H12N2O/c14-8-10-3-1-4-11(7-10)13-6-2-5-12(9-16)15-13/h1-7,9H,8,14H2. The first kappa shape index (κ1) is 10.5. The molecule has 0 aliphatic carbocycles. The van der Waals surface area contributed by atoms with Crippen LogP contribution in [0, 0.1) is 0 Å². The predicted molar refractivity (Wildman–Crippen MR) is 63.0 cm³/mol. The number of pyridine rings is 1. The molecule has 80 valence electrons. The van der Waals surface area contributed by atoms with E-state index in [-0.39, 0.29) is 0 Å². The molecule has 1 aromatic heterocycles. The number of benzene rings is 1. The summed E-state index contributed by atoms with van der Waals surface area (Å²) in [6.45, 7) is 0.501. The Balaban J connectivity index is 2.45. The monoisotopic (exact) mass is 212 g/mol. The van der Waals surface area contributed by atoms with Crippen molar-refractivity contribution in [3.05, 3.63) is 53.7 Å². The molecule has 0 aliphatic heterocycles. The van der Waals surface area contributed by atoms with E-state index in [1.165, 1.54) is 0 Å². The van der Waals surface area contributed by atoms with E-state index in [0.717, 1.165) is 23.1 Å². The lowest BCUT2D eigenvalue weighted by Gasteiger charge is -2.03. The molecule has 0 amide bonds. The molecule has 2 N–H and O–H groups in total. The topological polar surface area (TPSA) is 56.0 Å². The number of nitrogens with zero attached hydrogens (tertiary/aromatic N) is 1. The van der Waals surface area contributed by atoms with Gasteiger partial charge in [-0.15, -0.1) is 0 Å². The van der Waals surface area contributed by atoms with Gasteiger partial charge in [-0.2, -0.15) is 0 Å². The van der Waals surface area contributed by atoms with Crippen molar-refractivity contribution < 1.29 is 4.79 Å². The van der Waals surface area contributed by atoms with Crippen molar-refractivity contribution in [2.24, 2.45) is 5.73 Å². The highest BCUT2D eigenvalue weighted by Crippen LogP contribution is 2.18. The van der Waals surface area contributed by atoms with Crippen LogP contribution < -0.4 is 5.73 Å². The van der Waals surface area contributed by atoms with Crippen molar-refractivity contribution in [3.8, 4) is 11.3 Å². The Morgan fingerprint density at radius 2 is 2.00 bits per heavy atom. The van der Waals surface area contributed by atoms with Gasteiger partial charge in [0, 0.05) is 12.1 Å². The Bertz CT molecular complexity index is 509. The van der Waals surface area contributed by atoms with Crippen LogP contribution in [-0.2, 0) is 6.54 Å². The van der Waals surface area contributed by atoms with Crippen LogP contribution in [-0.4, -0.2) is 11.3 Å². The molecule has 0 atom stereocenters. The molecule has 0 bridgehead atoms. The van der Waals surface area contributed by atoms with E-state index in [4.69, 9.17) is 5.73 Å². The van der Waals surface area contributed by atoms with E-state index in [9.17, 15) is 4.79 Å². The third-order valence-electron chi connectivity index (χ3n) is 2.35. The number of rotatable bonds is 3. The summed E-state index contributed by atoms with van der Waals surface area (Å²) in [5, 5.41) is 0. The van der Waals surface area contributed by atoms with Crippen molar-refractivity contribution in [2.45, 2.75) is 6.54 Å². The number of aromatic nitrogens is 1. The highest BCUT2D eigenvalue weighted by atomic mass is 16.1. The molecule has 2 rings (SSSR count). The molecular formula is C13H12N2O. The summed E-state index contributed by atoms with van der Waals surface area (Å²) >= 11 is 0. The Labute approximate surface area is 93.9 Å². The molecule has 0 fully saturated rings. The molecule has 0 saturated carbocycles. The molecule has 0 saturated heterocycles. The zero-order valence-corrected chi connectivity index (χ0v) is 8.76. The highest BCUT2D eigenvalue weighted by molar-refractivity contribution is 5.73. The fraction of sp³-hybridized carbons (Fsp3) is 0.0769. The van der Waals surface area contributed by atoms with Gasteiger partial charge in [-0.05, 0) is 23.8 Å². The van der Waals surface area contributed by atoms with Crippen LogP contribution in [0.2, 0.25) is 0 Å². The third kappa shape index (κ3) is 2.15. The molecule has 3 heteroatoms. The van der Waals surface area contributed by atoms with Crippen molar-refractivity contribution in [2.75, 3.05) is 0 Å². The first-order valence-corrected chi connectivity index (χ1v) is 5.05. The summed E-state index contributed by atoms with van der Waals surface area (Å²) in [4.78, 5) is 14.9. The van der Waals surface area contributed by atoms with Crippen molar-refractivity contribution in [1.82, 2.24) is 4.98 Å². The Kier molecular flexibility index (Phi) is 3.08. The van der Waals surface area contributed by atoms with Crippen LogP contribution in [0.5, 0.6) is 0 Å². The summed E-state index contributed by atoms with van der Waals surface area (Å²) in [6.07, 6.45) is 0.746. The Morgan fingerprint density at radius 1 is 1.19 bits per heavy atom. The molecule has 2 aromatic rings. The van der Waals surface area contributed by atoms with E-state index in [0.29, 0.717) is 12.2 Å². The molecule has 16 heavy (non-hydrogen) atoms. The van der Waals surface area contributed by atoms with Gasteiger partial charge in [-0.25, -0.2) is 4.98 Å². The zero-order valence-electron chi connectivity index (χ0n) is 8.76. The minimum absolute atomic E-state index is 0.440. The second-order valence-electron chi connectivity index (χ2n) is 3.47. The third-order valence-corrected chi connectivity index (χ3v) is 2.35. The molecule has 0 aliphatic rings. The second kappa shape index (κ2) is 4.68. The largest absolute Gasteiger partial charge is 0.326 e. The first-order chi connectivity index (χ1) is 7.83. The van der Waals surface area contributed by atoms with E-state index >= 15 is 0 Å². The fourth-order valence-corrected chi connectivity index (χ4v) is 1.54. The zero-order chi connectivity index (χ0) is 11.4. The van der Waals surface area contributed by atoms with Gasteiger partial charge in [0.05, 0.1) is 5.69 Å². The maximum Gasteiger partial charge on any atom is 0.168 e. The van der Waals surface area contributed by atoms with Gasteiger partial charge < -0.3 is 5.73 Å². The molecule has 1 heterocycles. The summed E-state index contributed by atoms with van der Waals surface area (Å²) < 4.78 is 0. The van der Waals surface area contributed by atoms with E-state index in [1.54, 1.807) is 6.07 Å². The average Bonchev–Trinajstić information content (AvgIpc) is 2.39. The van der Waals surface area contributed by atoms with Crippen molar-refractivity contribution >= 4 is 6.29 Å². The predicted octanol–water partition coefficient (Wildman–Crippen LogP) is 2.02. The minimum atomic E-state index is 0.440. The Morgan fingerprint density at radius 3 is 2.75 bits per heavy atom. The lowest BCUT2D eigenvalue weighted by Crippen LogP contribution is -1.96. The summed E-state index contributed by atoms with van der Waals surface area (Å²) in [7, 11) is 0. The number of carbonyl (C=O) groups excluding carboxylic acids is 1. The van der Waals surface area contributed by atoms with Crippen LogP contribution in [0.1, 0.15) is 16.1 Å². The second-order valence-corrected chi connectivity index (χ2v) is 3.47. The first-order valence-electron chi connectivity index (χ1n) is 5.05. The van der Waals surface area contributed by atoms with Gasteiger partial charge in [-0.3, -0.25) is 4.79 Å². The smallest absolute Gasteiger partial charge is 0.168 e. The van der Waals surface area contributed by atoms with E-state index in [1.807, 2.05) is 36.4 Å². The van der Waals surface area contributed by atoms with E-state index < -0.39 is 0 Å². The molecule has 0 unspecified atom stereocenters. The van der Waals surface area contributed by atoms with Crippen LogP contribution in [0.4, 0.5) is 0 Å². The molecular weight excluding hydrogens is 200 g/mol. The van der Waals surface area contributed by atoms with Gasteiger partial charge in [-0.1, -0.05) is 24.3 Å². The van der Waals surface area contributed by atoms with Crippen LogP contribution >= 0.6 is 0 Å². The average molecular weight is 212 g/mol. The fourth-order valence-electron chi connectivity index (χ4n) is 1.54. The van der Waals surface area contributed by atoms with Crippen LogP contribution in [0.15, 0.2) is 42.5 Å². The lowest BCUT2D eigenvalue weighted by atomic mass is 10.1. The number of nitrogens with two attached hydrogens (primary N) is 1. The van der Waals surface area contributed by atoms with Gasteiger partial charge >= 0.3 is 0 Å². The maximum absolute atomic E-state index is 10.6. The quantitative estimate of drug-likeness (QED) is 0.792.